The van der Waals surface area contributed by atoms with E-state index >= 15 is 0 Å². The van der Waals surface area contributed by atoms with Crippen molar-refractivity contribution in [3.8, 4) is 0 Å². The topological polar surface area (TPSA) is 66.6 Å². The molecule has 14 heavy (non-hydrogen) atoms. The number of carbonyl (C=O) groups is 1. The molecule has 0 aromatic rings. The van der Waals surface area contributed by atoms with Crippen LogP contribution in [0.4, 0.5) is 0 Å². The predicted octanol–water partition coefficient (Wildman–Crippen LogP) is 0.520. The molecule has 82 valence electrons. The molecule has 0 aromatic carbocycles. The standard InChI is InChI=1S/C10H20N2O2/c1-10(2)4-3-5-12(7-10)8(6-11)9(13)14/h8H,3-7,11H2,1-2H3,(H,13,14). The number of hydrogen-bond donors (Lipinski definition) is 2. The first kappa shape index (κ1) is 11.5. The van der Waals surface area contributed by atoms with Crippen molar-refractivity contribution in [3.63, 3.8) is 0 Å². The van der Waals surface area contributed by atoms with Crippen LogP contribution in [0.1, 0.15) is 26.7 Å². The Bertz CT molecular complexity index is 216. The fraction of sp³-hybridized carbons (Fsp3) is 0.900. The molecular weight excluding hydrogens is 180 g/mol. The highest BCUT2D eigenvalue weighted by atomic mass is 16.4. The molecule has 1 rings (SSSR count). The van der Waals surface area contributed by atoms with Gasteiger partial charge in [-0.2, -0.15) is 0 Å². The summed E-state index contributed by atoms with van der Waals surface area (Å²) in [6.45, 7) is 6.24. The molecular formula is C10H20N2O2. The van der Waals surface area contributed by atoms with Gasteiger partial charge in [0.25, 0.3) is 0 Å². The number of carboxylic acids is 1. The average Bonchev–Trinajstić information content (AvgIpc) is 2.02. The largest absolute Gasteiger partial charge is 0.480 e. The Morgan fingerprint density at radius 1 is 1.64 bits per heavy atom. The number of aliphatic carboxylic acids is 1. The molecule has 0 spiro atoms. The van der Waals surface area contributed by atoms with E-state index in [-0.39, 0.29) is 12.0 Å². The summed E-state index contributed by atoms with van der Waals surface area (Å²) in [6.07, 6.45) is 2.23. The summed E-state index contributed by atoms with van der Waals surface area (Å²) in [7, 11) is 0. The van der Waals surface area contributed by atoms with Crippen molar-refractivity contribution in [2.45, 2.75) is 32.7 Å². The second-order valence-corrected chi connectivity index (χ2v) is 4.83. The van der Waals surface area contributed by atoms with Crippen molar-refractivity contribution in [1.82, 2.24) is 4.90 Å². The van der Waals surface area contributed by atoms with Crippen molar-refractivity contribution >= 4 is 5.97 Å². The molecule has 1 heterocycles. The van der Waals surface area contributed by atoms with E-state index in [1.807, 2.05) is 4.90 Å². The van der Waals surface area contributed by atoms with E-state index in [9.17, 15) is 4.79 Å². The Balaban J connectivity index is 2.62. The lowest BCUT2D eigenvalue weighted by Gasteiger charge is -2.40. The lowest BCUT2D eigenvalue weighted by Crippen LogP contribution is -2.52. The van der Waals surface area contributed by atoms with Crippen molar-refractivity contribution in [1.29, 1.82) is 0 Å². The van der Waals surface area contributed by atoms with Crippen LogP contribution in [0.5, 0.6) is 0 Å². The van der Waals surface area contributed by atoms with Crippen molar-refractivity contribution in [2.75, 3.05) is 19.6 Å². The number of nitrogens with two attached hydrogens (primary N) is 1. The van der Waals surface area contributed by atoms with Crippen molar-refractivity contribution < 1.29 is 9.90 Å². The van der Waals surface area contributed by atoms with Gasteiger partial charge in [-0.15, -0.1) is 0 Å². The van der Waals surface area contributed by atoms with Crippen LogP contribution in [0.3, 0.4) is 0 Å². The van der Waals surface area contributed by atoms with Gasteiger partial charge >= 0.3 is 5.97 Å². The summed E-state index contributed by atoms with van der Waals surface area (Å²) in [6, 6.07) is -0.505. The highest BCUT2D eigenvalue weighted by Gasteiger charge is 2.32. The van der Waals surface area contributed by atoms with Crippen LogP contribution < -0.4 is 5.73 Å². The molecule has 0 aliphatic carbocycles. The highest BCUT2D eigenvalue weighted by Crippen LogP contribution is 2.29. The number of carboxylic acid groups (broad SMARTS) is 1. The van der Waals surface area contributed by atoms with E-state index in [2.05, 4.69) is 13.8 Å². The zero-order chi connectivity index (χ0) is 10.8. The third-order valence-electron chi connectivity index (χ3n) is 2.88. The maximum absolute atomic E-state index is 10.9. The molecule has 1 atom stereocenters. The minimum absolute atomic E-state index is 0.200. The van der Waals surface area contributed by atoms with Gasteiger partial charge in [0, 0.05) is 13.1 Å². The molecule has 1 unspecified atom stereocenters. The summed E-state index contributed by atoms with van der Waals surface area (Å²) < 4.78 is 0. The fourth-order valence-electron chi connectivity index (χ4n) is 2.14. The molecule has 1 aliphatic rings. The lowest BCUT2D eigenvalue weighted by molar-refractivity contribution is -0.144. The molecule has 1 fully saturated rings. The Morgan fingerprint density at radius 2 is 2.29 bits per heavy atom. The summed E-state index contributed by atoms with van der Waals surface area (Å²) >= 11 is 0. The Kier molecular flexibility index (Phi) is 3.50. The van der Waals surface area contributed by atoms with Gasteiger partial charge < -0.3 is 10.8 Å². The molecule has 4 heteroatoms. The van der Waals surface area contributed by atoms with E-state index in [1.165, 1.54) is 6.42 Å². The van der Waals surface area contributed by atoms with E-state index in [1.54, 1.807) is 0 Å². The summed E-state index contributed by atoms with van der Waals surface area (Å²) in [4.78, 5) is 12.9. The predicted molar refractivity (Wildman–Crippen MR) is 55.1 cm³/mol. The summed E-state index contributed by atoms with van der Waals surface area (Å²) in [5.74, 6) is -0.801. The second kappa shape index (κ2) is 4.28. The van der Waals surface area contributed by atoms with E-state index in [0.29, 0.717) is 0 Å². The van der Waals surface area contributed by atoms with Gasteiger partial charge in [0.2, 0.25) is 0 Å². The number of piperidine rings is 1. The summed E-state index contributed by atoms with van der Waals surface area (Å²) in [5, 5.41) is 8.97. The summed E-state index contributed by atoms with van der Waals surface area (Å²) in [5.41, 5.74) is 5.69. The molecule has 1 aliphatic heterocycles. The molecule has 4 nitrogen and oxygen atoms in total. The Morgan fingerprint density at radius 3 is 2.71 bits per heavy atom. The quantitative estimate of drug-likeness (QED) is 0.697. The fourth-order valence-corrected chi connectivity index (χ4v) is 2.14. The highest BCUT2D eigenvalue weighted by molar-refractivity contribution is 5.73. The maximum Gasteiger partial charge on any atom is 0.322 e. The van der Waals surface area contributed by atoms with E-state index in [4.69, 9.17) is 10.8 Å². The van der Waals surface area contributed by atoms with Gasteiger partial charge in [0.05, 0.1) is 0 Å². The molecule has 0 saturated carbocycles. The lowest BCUT2D eigenvalue weighted by atomic mass is 9.83. The number of likely N-dealkylation sites (tertiary alicyclic amines) is 1. The number of nitrogens with zero attached hydrogens (tertiary/aromatic N) is 1. The third kappa shape index (κ3) is 2.69. The van der Waals surface area contributed by atoms with Crippen LogP contribution >= 0.6 is 0 Å². The minimum atomic E-state index is -0.801. The number of hydrogen-bond acceptors (Lipinski definition) is 3. The SMILES string of the molecule is CC1(C)CCCN(C(CN)C(=O)O)C1. The van der Waals surface area contributed by atoms with Crippen LogP contribution in [0, 0.1) is 5.41 Å². The van der Waals surface area contributed by atoms with Gasteiger partial charge in [0.15, 0.2) is 0 Å². The Hall–Kier alpha value is -0.610. The van der Waals surface area contributed by atoms with E-state index < -0.39 is 12.0 Å². The Labute approximate surface area is 85.1 Å². The van der Waals surface area contributed by atoms with Gasteiger partial charge in [-0.1, -0.05) is 13.8 Å². The molecule has 0 bridgehead atoms. The molecule has 1 saturated heterocycles. The van der Waals surface area contributed by atoms with Gasteiger partial charge in [-0.3, -0.25) is 9.69 Å². The van der Waals surface area contributed by atoms with Gasteiger partial charge in [-0.05, 0) is 24.8 Å². The zero-order valence-corrected chi connectivity index (χ0v) is 8.99. The maximum atomic E-state index is 10.9. The van der Waals surface area contributed by atoms with Crippen molar-refractivity contribution in [2.24, 2.45) is 11.1 Å². The molecule has 3 N–H and O–H groups in total. The first-order chi connectivity index (χ1) is 6.46. The first-order valence-corrected chi connectivity index (χ1v) is 5.13. The minimum Gasteiger partial charge on any atom is -0.480 e. The zero-order valence-electron chi connectivity index (χ0n) is 8.99. The molecule has 0 radical (unpaired) electrons. The van der Waals surface area contributed by atoms with Gasteiger partial charge in [0.1, 0.15) is 6.04 Å². The normalized spacial score (nSPS) is 24.5. The monoisotopic (exact) mass is 200 g/mol. The number of rotatable bonds is 3. The smallest absolute Gasteiger partial charge is 0.322 e. The average molecular weight is 200 g/mol. The van der Waals surface area contributed by atoms with Crippen LogP contribution in [0.2, 0.25) is 0 Å². The van der Waals surface area contributed by atoms with Crippen LogP contribution in [-0.4, -0.2) is 41.7 Å². The molecule has 0 aromatic heterocycles. The van der Waals surface area contributed by atoms with Gasteiger partial charge in [-0.25, -0.2) is 0 Å². The van der Waals surface area contributed by atoms with Crippen molar-refractivity contribution in [3.05, 3.63) is 0 Å². The first-order valence-electron chi connectivity index (χ1n) is 5.13. The molecule has 0 amide bonds. The van der Waals surface area contributed by atoms with Crippen LogP contribution in [0.15, 0.2) is 0 Å². The third-order valence-corrected chi connectivity index (χ3v) is 2.88. The van der Waals surface area contributed by atoms with Crippen LogP contribution in [-0.2, 0) is 4.79 Å². The second-order valence-electron chi connectivity index (χ2n) is 4.83. The van der Waals surface area contributed by atoms with Crippen LogP contribution in [0.25, 0.3) is 0 Å². The van der Waals surface area contributed by atoms with E-state index in [0.717, 1.165) is 19.5 Å².